The number of aryl methyl sites for hydroxylation is 1. The number of halogens is 2. The molecule has 0 spiro atoms. The first-order valence-electron chi connectivity index (χ1n) is 10.6. The fraction of sp³-hybridized carbons (Fsp3) is 0.375. The summed E-state index contributed by atoms with van der Waals surface area (Å²) < 4.78 is 10.6. The Bertz CT molecular complexity index is 1050. The van der Waals surface area contributed by atoms with Gasteiger partial charge in [-0.3, -0.25) is 19.3 Å². The molecule has 0 radical (unpaired) electrons. The van der Waals surface area contributed by atoms with E-state index in [1.807, 2.05) is 0 Å². The maximum absolute atomic E-state index is 13.3. The summed E-state index contributed by atoms with van der Waals surface area (Å²) in [7, 11) is 3.06. The molecule has 0 bridgehead atoms. The number of hydrogen-bond donors (Lipinski definition) is 2. The third-order valence-corrected chi connectivity index (χ3v) is 5.84. The van der Waals surface area contributed by atoms with Crippen LogP contribution in [-0.4, -0.2) is 54.6 Å². The molecule has 0 fully saturated rings. The first kappa shape index (κ1) is 27.4. The van der Waals surface area contributed by atoms with Crippen molar-refractivity contribution in [2.24, 2.45) is 11.7 Å². The van der Waals surface area contributed by atoms with Gasteiger partial charge < -0.3 is 20.3 Å². The molecule has 184 valence electrons. The number of rotatable bonds is 11. The molecule has 0 aliphatic heterocycles. The zero-order valence-electron chi connectivity index (χ0n) is 19.2. The van der Waals surface area contributed by atoms with Crippen LogP contribution in [0.4, 0.5) is 0 Å². The molecule has 2 amide bonds. The number of carboxylic acids is 1. The Kier molecular flexibility index (Phi) is 10.2. The molecule has 3 N–H and O–H groups in total. The van der Waals surface area contributed by atoms with Crippen LogP contribution in [0.1, 0.15) is 35.7 Å². The highest BCUT2D eigenvalue weighted by atomic mass is 35.5. The Labute approximate surface area is 208 Å². The number of nitrogens with zero attached hydrogens (tertiary/aromatic N) is 1. The third kappa shape index (κ3) is 7.35. The SMILES string of the molecule is COc1ccc(CCC(=O)N(CC(C)C[C@@H](N)C(=O)O)C(=O)c2cc(Cl)ccc2Cl)c(OC)c1. The van der Waals surface area contributed by atoms with Crippen molar-refractivity contribution in [3.05, 3.63) is 57.6 Å². The van der Waals surface area contributed by atoms with Gasteiger partial charge in [-0.2, -0.15) is 0 Å². The molecule has 0 saturated heterocycles. The summed E-state index contributed by atoms with van der Waals surface area (Å²) in [5, 5.41) is 9.55. The minimum absolute atomic E-state index is 0.00428. The van der Waals surface area contributed by atoms with E-state index in [0.29, 0.717) is 22.9 Å². The van der Waals surface area contributed by atoms with Crippen molar-refractivity contribution < 1.29 is 29.0 Å². The number of benzene rings is 2. The minimum Gasteiger partial charge on any atom is -0.497 e. The van der Waals surface area contributed by atoms with Crippen molar-refractivity contribution in [1.29, 1.82) is 0 Å². The van der Waals surface area contributed by atoms with Gasteiger partial charge in [0.15, 0.2) is 0 Å². The zero-order valence-corrected chi connectivity index (χ0v) is 20.7. The Hall–Kier alpha value is -2.81. The molecule has 2 aromatic carbocycles. The number of carbonyl (C=O) groups is 3. The number of methoxy groups -OCH3 is 2. The van der Waals surface area contributed by atoms with Gasteiger partial charge in [0.05, 0.1) is 24.8 Å². The van der Waals surface area contributed by atoms with E-state index in [4.69, 9.17) is 43.5 Å². The molecule has 0 heterocycles. The number of ether oxygens (including phenoxy) is 2. The molecule has 2 aromatic rings. The van der Waals surface area contributed by atoms with Crippen LogP contribution in [0.5, 0.6) is 11.5 Å². The van der Waals surface area contributed by atoms with E-state index in [-0.39, 0.29) is 35.9 Å². The quantitative estimate of drug-likeness (QED) is 0.467. The van der Waals surface area contributed by atoms with E-state index in [9.17, 15) is 14.4 Å². The van der Waals surface area contributed by atoms with Crippen LogP contribution in [0.3, 0.4) is 0 Å². The van der Waals surface area contributed by atoms with Crippen molar-refractivity contribution in [2.75, 3.05) is 20.8 Å². The number of aliphatic carboxylic acids is 1. The summed E-state index contributed by atoms with van der Waals surface area (Å²) in [4.78, 5) is 38.7. The van der Waals surface area contributed by atoms with Crippen LogP contribution < -0.4 is 15.2 Å². The van der Waals surface area contributed by atoms with Gasteiger partial charge in [0.1, 0.15) is 17.5 Å². The van der Waals surface area contributed by atoms with Gasteiger partial charge in [-0.1, -0.05) is 36.2 Å². The highest BCUT2D eigenvalue weighted by Gasteiger charge is 2.28. The summed E-state index contributed by atoms with van der Waals surface area (Å²) in [6.45, 7) is 1.70. The van der Waals surface area contributed by atoms with Crippen molar-refractivity contribution >= 4 is 41.0 Å². The van der Waals surface area contributed by atoms with Crippen molar-refractivity contribution in [3.8, 4) is 11.5 Å². The van der Waals surface area contributed by atoms with Crippen LogP contribution in [-0.2, 0) is 16.0 Å². The van der Waals surface area contributed by atoms with Crippen molar-refractivity contribution in [3.63, 3.8) is 0 Å². The van der Waals surface area contributed by atoms with Gasteiger partial charge in [-0.05, 0) is 48.6 Å². The van der Waals surface area contributed by atoms with Crippen LogP contribution in [0.25, 0.3) is 0 Å². The maximum atomic E-state index is 13.3. The summed E-state index contributed by atoms with van der Waals surface area (Å²) in [5.74, 6) is -1.41. The molecule has 2 rings (SSSR count). The number of nitrogens with two attached hydrogens (primary N) is 1. The first-order chi connectivity index (χ1) is 16.1. The van der Waals surface area contributed by atoms with E-state index in [0.717, 1.165) is 10.5 Å². The summed E-state index contributed by atoms with van der Waals surface area (Å²) >= 11 is 12.2. The summed E-state index contributed by atoms with van der Waals surface area (Å²) in [6.07, 6.45) is 0.397. The second kappa shape index (κ2) is 12.6. The average molecular weight is 511 g/mol. The largest absolute Gasteiger partial charge is 0.497 e. The summed E-state index contributed by atoms with van der Waals surface area (Å²) in [6, 6.07) is 8.56. The van der Waals surface area contributed by atoms with E-state index < -0.39 is 23.8 Å². The molecule has 10 heteroatoms. The first-order valence-corrected chi connectivity index (χ1v) is 11.3. The zero-order chi connectivity index (χ0) is 25.4. The fourth-order valence-corrected chi connectivity index (χ4v) is 3.83. The standard InChI is InChI=1S/C24H28Cl2N2O6/c1-14(10-20(27)24(31)32)13-28(23(30)18-11-16(25)6-8-19(18)26)22(29)9-5-15-4-7-17(33-2)12-21(15)34-3/h4,6-8,11-12,14,20H,5,9-10,13,27H2,1-3H3,(H,31,32)/t14?,20-/m1/s1. The average Bonchev–Trinajstić information content (AvgIpc) is 2.81. The Morgan fingerprint density at radius 1 is 1.09 bits per heavy atom. The highest BCUT2D eigenvalue weighted by Crippen LogP contribution is 2.27. The van der Waals surface area contributed by atoms with Gasteiger partial charge in [-0.25, -0.2) is 0 Å². The Morgan fingerprint density at radius 2 is 1.79 bits per heavy atom. The molecule has 0 aromatic heterocycles. The monoisotopic (exact) mass is 510 g/mol. The Balaban J connectivity index is 2.27. The van der Waals surface area contributed by atoms with Crippen molar-refractivity contribution in [2.45, 2.75) is 32.2 Å². The molecule has 2 atom stereocenters. The number of imide groups is 1. The highest BCUT2D eigenvalue weighted by molar-refractivity contribution is 6.36. The predicted molar refractivity (Wildman–Crippen MR) is 130 cm³/mol. The number of hydrogen-bond acceptors (Lipinski definition) is 6. The third-order valence-electron chi connectivity index (χ3n) is 5.28. The van der Waals surface area contributed by atoms with Crippen LogP contribution in [0, 0.1) is 5.92 Å². The molecule has 0 aliphatic rings. The van der Waals surface area contributed by atoms with Crippen molar-refractivity contribution in [1.82, 2.24) is 4.90 Å². The smallest absolute Gasteiger partial charge is 0.320 e. The molecular weight excluding hydrogens is 483 g/mol. The second-order valence-corrected chi connectivity index (χ2v) is 8.74. The molecule has 8 nitrogen and oxygen atoms in total. The molecule has 34 heavy (non-hydrogen) atoms. The van der Waals surface area contributed by atoms with E-state index in [1.54, 1.807) is 32.2 Å². The van der Waals surface area contributed by atoms with E-state index >= 15 is 0 Å². The van der Waals surface area contributed by atoms with Gasteiger partial charge in [0.2, 0.25) is 5.91 Å². The molecular formula is C24H28Cl2N2O6. The minimum atomic E-state index is -1.15. The van der Waals surface area contributed by atoms with Gasteiger partial charge >= 0.3 is 5.97 Å². The van der Waals surface area contributed by atoms with Gasteiger partial charge in [0, 0.05) is 24.1 Å². The lowest BCUT2D eigenvalue weighted by molar-refractivity contribution is -0.138. The lowest BCUT2D eigenvalue weighted by Crippen LogP contribution is -2.42. The molecule has 1 unspecified atom stereocenters. The lowest BCUT2D eigenvalue weighted by atomic mass is 10.0. The van der Waals surface area contributed by atoms with Crippen LogP contribution in [0.2, 0.25) is 10.0 Å². The predicted octanol–water partition coefficient (Wildman–Crippen LogP) is 4.05. The number of carbonyl (C=O) groups excluding carboxylic acids is 2. The molecule has 0 saturated carbocycles. The maximum Gasteiger partial charge on any atom is 0.320 e. The van der Waals surface area contributed by atoms with Crippen LogP contribution >= 0.6 is 23.2 Å². The number of amides is 2. The Morgan fingerprint density at radius 3 is 2.41 bits per heavy atom. The van der Waals surface area contributed by atoms with E-state index in [2.05, 4.69) is 0 Å². The normalized spacial score (nSPS) is 12.5. The van der Waals surface area contributed by atoms with Gasteiger partial charge in [-0.15, -0.1) is 0 Å². The fourth-order valence-electron chi connectivity index (χ4n) is 3.46. The van der Waals surface area contributed by atoms with E-state index in [1.165, 1.54) is 25.3 Å². The van der Waals surface area contributed by atoms with Gasteiger partial charge in [0.25, 0.3) is 5.91 Å². The second-order valence-electron chi connectivity index (χ2n) is 7.90. The number of carboxylic acid groups (broad SMARTS) is 1. The topological polar surface area (TPSA) is 119 Å². The summed E-state index contributed by atoms with van der Waals surface area (Å²) in [5.41, 5.74) is 6.49. The lowest BCUT2D eigenvalue weighted by Gasteiger charge is -2.26. The molecule has 0 aliphatic carbocycles. The van der Waals surface area contributed by atoms with Crippen LogP contribution in [0.15, 0.2) is 36.4 Å².